The van der Waals surface area contributed by atoms with Crippen LogP contribution in [-0.2, 0) is 6.42 Å². The number of rotatable bonds is 5. The predicted molar refractivity (Wildman–Crippen MR) is 87.8 cm³/mol. The highest BCUT2D eigenvalue weighted by molar-refractivity contribution is 5.96. The first kappa shape index (κ1) is 16.4. The van der Waals surface area contributed by atoms with Crippen LogP contribution in [0.1, 0.15) is 42.6 Å². The maximum Gasteiger partial charge on any atom is 0.254 e. The van der Waals surface area contributed by atoms with Crippen molar-refractivity contribution in [3.05, 3.63) is 34.9 Å². The molecule has 1 fully saturated rings. The van der Waals surface area contributed by atoms with E-state index in [2.05, 4.69) is 19.9 Å². The molecule has 0 spiro atoms. The second kappa shape index (κ2) is 7.34. The number of methoxy groups -OCH3 is 2. The number of nitrogens with zero attached hydrogens (tertiary/aromatic N) is 1. The standard InChI is InChI=1S/C18H25NO3/c1-13(2)7-8-14-11-16(21-3)17(22-4)12-15(14)18(20)19-9-5-6-10-19/h7,11-12H,5-6,8-10H2,1-4H3. The molecule has 0 atom stereocenters. The van der Waals surface area contributed by atoms with Crippen LogP contribution in [0, 0.1) is 0 Å². The van der Waals surface area contributed by atoms with E-state index in [1.807, 2.05) is 17.0 Å². The van der Waals surface area contributed by atoms with Crippen LogP contribution in [0.3, 0.4) is 0 Å². The lowest BCUT2D eigenvalue weighted by Gasteiger charge is -2.19. The third kappa shape index (κ3) is 3.62. The largest absolute Gasteiger partial charge is 0.493 e. The van der Waals surface area contributed by atoms with Gasteiger partial charge in [-0.1, -0.05) is 11.6 Å². The highest BCUT2D eigenvalue weighted by atomic mass is 16.5. The molecular weight excluding hydrogens is 278 g/mol. The molecule has 2 rings (SSSR count). The molecular formula is C18H25NO3. The molecule has 0 saturated carbocycles. The lowest BCUT2D eigenvalue weighted by atomic mass is 10.0. The molecule has 4 nitrogen and oxygen atoms in total. The number of likely N-dealkylation sites (tertiary alicyclic amines) is 1. The molecule has 1 heterocycles. The molecule has 0 aromatic heterocycles. The minimum atomic E-state index is 0.0932. The van der Waals surface area contributed by atoms with Crippen LogP contribution < -0.4 is 9.47 Å². The highest BCUT2D eigenvalue weighted by Gasteiger charge is 2.23. The summed E-state index contributed by atoms with van der Waals surface area (Å²) in [6.45, 7) is 5.80. The Morgan fingerprint density at radius 1 is 1.14 bits per heavy atom. The summed E-state index contributed by atoms with van der Waals surface area (Å²) >= 11 is 0. The van der Waals surface area contributed by atoms with E-state index in [-0.39, 0.29) is 5.91 Å². The minimum Gasteiger partial charge on any atom is -0.493 e. The van der Waals surface area contributed by atoms with Crippen molar-refractivity contribution in [1.82, 2.24) is 4.90 Å². The van der Waals surface area contributed by atoms with Crippen molar-refractivity contribution in [3.8, 4) is 11.5 Å². The van der Waals surface area contributed by atoms with E-state index in [1.54, 1.807) is 14.2 Å². The van der Waals surface area contributed by atoms with Gasteiger partial charge in [-0.05, 0) is 50.8 Å². The average Bonchev–Trinajstić information content (AvgIpc) is 3.05. The molecule has 120 valence electrons. The SMILES string of the molecule is COc1cc(CC=C(C)C)c(C(=O)N2CCCC2)cc1OC. The number of benzene rings is 1. The predicted octanol–water partition coefficient (Wildman–Crippen LogP) is 3.45. The van der Waals surface area contributed by atoms with Gasteiger partial charge in [-0.3, -0.25) is 4.79 Å². The summed E-state index contributed by atoms with van der Waals surface area (Å²) in [6, 6.07) is 3.73. The number of hydrogen-bond acceptors (Lipinski definition) is 3. The Morgan fingerprint density at radius 3 is 2.27 bits per heavy atom. The van der Waals surface area contributed by atoms with Gasteiger partial charge in [-0.25, -0.2) is 0 Å². The van der Waals surface area contributed by atoms with E-state index in [9.17, 15) is 4.79 Å². The molecule has 0 aliphatic carbocycles. The molecule has 1 saturated heterocycles. The number of allylic oxidation sites excluding steroid dienone is 2. The minimum absolute atomic E-state index is 0.0932. The molecule has 1 amide bonds. The maximum absolute atomic E-state index is 12.8. The molecule has 0 unspecified atom stereocenters. The van der Waals surface area contributed by atoms with Gasteiger partial charge in [0.25, 0.3) is 5.91 Å². The van der Waals surface area contributed by atoms with Gasteiger partial charge in [0.05, 0.1) is 14.2 Å². The average molecular weight is 303 g/mol. The zero-order valence-electron chi connectivity index (χ0n) is 13.9. The molecule has 1 aliphatic rings. The normalized spacial score (nSPS) is 13.9. The van der Waals surface area contributed by atoms with Gasteiger partial charge in [0.2, 0.25) is 0 Å². The number of carbonyl (C=O) groups excluding carboxylic acids is 1. The Morgan fingerprint density at radius 2 is 1.73 bits per heavy atom. The number of carbonyl (C=O) groups is 1. The third-order valence-electron chi connectivity index (χ3n) is 3.96. The summed E-state index contributed by atoms with van der Waals surface area (Å²) in [5, 5.41) is 0. The fourth-order valence-electron chi connectivity index (χ4n) is 2.69. The van der Waals surface area contributed by atoms with Crippen LogP contribution >= 0.6 is 0 Å². The molecule has 0 radical (unpaired) electrons. The lowest BCUT2D eigenvalue weighted by Crippen LogP contribution is -2.28. The van der Waals surface area contributed by atoms with Crippen molar-refractivity contribution in [3.63, 3.8) is 0 Å². The summed E-state index contributed by atoms with van der Waals surface area (Å²) in [5.41, 5.74) is 2.93. The van der Waals surface area contributed by atoms with Crippen molar-refractivity contribution in [1.29, 1.82) is 0 Å². The zero-order valence-corrected chi connectivity index (χ0v) is 13.9. The van der Waals surface area contributed by atoms with Crippen molar-refractivity contribution < 1.29 is 14.3 Å². The van der Waals surface area contributed by atoms with Gasteiger partial charge in [0, 0.05) is 18.7 Å². The monoisotopic (exact) mass is 303 g/mol. The summed E-state index contributed by atoms with van der Waals surface area (Å²) in [4.78, 5) is 14.7. The maximum atomic E-state index is 12.8. The Balaban J connectivity index is 2.43. The van der Waals surface area contributed by atoms with E-state index < -0.39 is 0 Å². The molecule has 0 bridgehead atoms. The summed E-state index contributed by atoms with van der Waals surface area (Å²) in [5.74, 6) is 1.36. The van der Waals surface area contributed by atoms with Crippen LogP contribution in [0.25, 0.3) is 0 Å². The molecule has 4 heteroatoms. The third-order valence-corrected chi connectivity index (χ3v) is 3.96. The van der Waals surface area contributed by atoms with E-state index >= 15 is 0 Å². The van der Waals surface area contributed by atoms with Crippen molar-refractivity contribution in [2.75, 3.05) is 27.3 Å². The fourth-order valence-corrected chi connectivity index (χ4v) is 2.69. The fraction of sp³-hybridized carbons (Fsp3) is 0.500. The van der Waals surface area contributed by atoms with Gasteiger partial charge >= 0.3 is 0 Å². The molecule has 1 aromatic rings. The molecule has 1 aliphatic heterocycles. The van der Waals surface area contributed by atoms with Crippen LogP contribution in [0.5, 0.6) is 11.5 Å². The van der Waals surface area contributed by atoms with Gasteiger partial charge in [0.15, 0.2) is 11.5 Å². The highest BCUT2D eigenvalue weighted by Crippen LogP contribution is 2.32. The lowest BCUT2D eigenvalue weighted by molar-refractivity contribution is 0.0791. The number of hydrogen-bond donors (Lipinski definition) is 0. The molecule has 1 aromatic carbocycles. The molecule has 22 heavy (non-hydrogen) atoms. The second-order valence-electron chi connectivity index (χ2n) is 5.85. The Kier molecular flexibility index (Phi) is 5.47. The smallest absolute Gasteiger partial charge is 0.254 e. The zero-order chi connectivity index (χ0) is 16.1. The van der Waals surface area contributed by atoms with Crippen molar-refractivity contribution in [2.24, 2.45) is 0 Å². The van der Waals surface area contributed by atoms with Gasteiger partial charge in [0.1, 0.15) is 0 Å². The van der Waals surface area contributed by atoms with Crippen LogP contribution in [-0.4, -0.2) is 38.1 Å². The van der Waals surface area contributed by atoms with Gasteiger partial charge in [-0.15, -0.1) is 0 Å². The van der Waals surface area contributed by atoms with Crippen LogP contribution in [0.15, 0.2) is 23.8 Å². The quantitative estimate of drug-likeness (QED) is 0.782. The second-order valence-corrected chi connectivity index (χ2v) is 5.85. The van der Waals surface area contributed by atoms with E-state index in [0.717, 1.165) is 43.5 Å². The van der Waals surface area contributed by atoms with Crippen molar-refractivity contribution >= 4 is 5.91 Å². The first-order valence-corrected chi connectivity index (χ1v) is 7.74. The number of amides is 1. The Hall–Kier alpha value is -1.97. The first-order valence-electron chi connectivity index (χ1n) is 7.74. The topological polar surface area (TPSA) is 38.8 Å². The summed E-state index contributed by atoms with van der Waals surface area (Å²) < 4.78 is 10.7. The summed E-state index contributed by atoms with van der Waals surface area (Å²) in [7, 11) is 3.21. The van der Waals surface area contributed by atoms with Gasteiger partial charge in [-0.2, -0.15) is 0 Å². The van der Waals surface area contributed by atoms with Crippen LogP contribution in [0.4, 0.5) is 0 Å². The Labute approximate surface area is 132 Å². The van der Waals surface area contributed by atoms with Crippen LogP contribution in [0.2, 0.25) is 0 Å². The molecule has 0 N–H and O–H groups in total. The number of ether oxygens (including phenoxy) is 2. The van der Waals surface area contributed by atoms with E-state index in [4.69, 9.17) is 9.47 Å². The van der Waals surface area contributed by atoms with E-state index in [1.165, 1.54) is 5.57 Å². The van der Waals surface area contributed by atoms with Crippen molar-refractivity contribution in [2.45, 2.75) is 33.1 Å². The van der Waals surface area contributed by atoms with E-state index in [0.29, 0.717) is 11.5 Å². The van der Waals surface area contributed by atoms with Gasteiger partial charge < -0.3 is 14.4 Å². The summed E-state index contributed by atoms with van der Waals surface area (Å²) in [6.07, 6.45) is 5.02. The first-order chi connectivity index (χ1) is 10.6. The Bertz CT molecular complexity index is 568.